The Morgan fingerprint density at radius 1 is 1.28 bits per heavy atom. The van der Waals surface area contributed by atoms with E-state index in [1.807, 2.05) is 0 Å². The van der Waals surface area contributed by atoms with E-state index in [-0.39, 0.29) is 5.75 Å². The summed E-state index contributed by atoms with van der Waals surface area (Å²) in [5.74, 6) is -0.194. The number of anilines is 1. The Bertz CT molecular complexity index is 665. The molecule has 0 bridgehead atoms. The van der Waals surface area contributed by atoms with Crippen LogP contribution < -0.4 is 10.9 Å². The maximum atomic E-state index is 10.9. The number of halogens is 1. The number of hydrogen-bond acceptors (Lipinski definition) is 5. The molecule has 0 aliphatic carbocycles. The molecule has 0 aliphatic heterocycles. The van der Waals surface area contributed by atoms with Crippen molar-refractivity contribution in [2.45, 2.75) is 5.75 Å². The van der Waals surface area contributed by atoms with Crippen LogP contribution in [0.2, 0.25) is 4.34 Å². The molecule has 4 N–H and O–H groups in total. The van der Waals surface area contributed by atoms with Crippen LogP contribution >= 0.6 is 22.9 Å². The van der Waals surface area contributed by atoms with E-state index >= 15 is 0 Å². The summed E-state index contributed by atoms with van der Waals surface area (Å²) in [4.78, 5) is 4.11. The molecule has 0 spiro atoms. The molecule has 0 amide bonds. The van der Waals surface area contributed by atoms with Gasteiger partial charge in [-0.3, -0.25) is 0 Å². The van der Waals surface area contributed by atoms with Crippen molar-refractivity contribution in [2.75, 3.05) is 5.73 Å². The van der Waals surface area contributed by atoms with Gasteiger partial charge < -0.3 is 5.73 Å². The number of nitrogens with zero attached hydrogens (tertiary/aromatic N) is 1. The second-order valence-electron chi connectivity index (χ2n) is 3.68. The largest absolute Gasteiger partial charge is 0.375 e. The molecule has 5 nitrogen and oxygen atoms in total. The molecule has 0 fully saturated rings. The zero-order valence-corrected chi connectivity index (χ0v) is 11.5. The summed E-state index contributed by atoms with van der Waals surface area (Å²) in [6, 6.07) is 6.82. The third-order valence-corrected chi connectivity index (χ3v) is 4.02. The van der Waals surface area contributed by atoms with Crippen molar-refractivity contribution in [3.8, 4) is 11.3 Å². The lowest BCUT2D eigenvalue weighted by molar-refractivity contribution is 0.597. The van der Waals surface area contributed by atoms with E-state index < -0.39 is 10.0 Å². The number of nitrogen functional groups attached to an aromatic ring is 1. The second kappa shape index (κ2) is 4.85. The zero-order chi connectivity index (χ0) is 13.3. The van der Waals surface area contributed by atoms with Crippen LogP contribution in [0.3, 0.4) is 0 Å². The minimum absolute atomic E-state index is 0.194. The van der Waals surface area contributed by atoms with Crippen LogP contribution in [0.1, 0.15) is 5.56 Å². The van der Waals surface area contributed by atoms with Gasteiger partial charge in [-0.15, -0.1) is 0 Å². The topological polar surface area (TPSA) is 99.1 Å². The van der Waals surface area contributed by atoms with E-state index in [2.05, 4.69) is 4.98 Å². The molecule has 0 atom stereocenters. The lowest BCUT2D eigenvalue weighted by atomic mass is 10.1. The Balaban J connectivity index is 2.30. The summed E-state index contributed by atoms with van der Waals surface area (Å²) in [7, 11) is -3.52. The van der Waals surface area contributed by atoms with Crippen LogP contribution in [-0.2, 0) is 15.8 Å². The fourth-order valence-corrected chi connectivity index (χ4v) is 3.11. The summed E-state index contributed by atoms with van der Waals surface area (Å²) in [5, 5.41) is 5.36. The Kier molecular flexibility index (Phi) is 3.58. The van der Waals surface area contributed by atoms with Gasteiger partial charge in [0.1, 0.15) is 10.0 Å². The molecular weight excluding hydrogens is 294 g/mol. The standard InChI is InChI=1S/C10H10ClN3O2S2/c11-9-8(14-10(12)17-9)7-3-1-6(2-4-7)5-18(13,15)16/h1-4H,5H2,(H2,12,14)(H2,13,15,16). The zero-order valence-electron chi connectivity index (χ0n) is 9.13. The highest BCUT2D eigenvalue weighted by Crippen LogP contribution is 2.33. The van der Waals surface area contributed by atoms with Crippen LogP contribution in [-0.4, -0.2) is 13.4 Å². The van der Waals surface area contributed by atoms with Gasteiger partial charge in [0.25, 0.3) is 0 Å². The first kappa shape index (κ1) is 13.3. The van der Waals surface area contributed by atoms with Crippen LogP contribution in [0.15, 0.2) is 24.3 Å². The van der Waals surface area contributed by atoms with Gasteiger partial charge in [0.15, 0.2) is 5.13 Å². The van der Waals surface area contributed by atoms with E-state index in [0.29, 0.717) is 20.7 Å². The van der Waals surface area contributed by atoms with E-state index in [4.69, 9.17) is 22.5 Å². The molecule has 1 aromatic heterocycles. The van der Waals surface area contributed by atoms with Crippen LogP contribution in [0.5, 0.6) is 0 Å². The van der Waals surface area contributed by atoms with E-state index in [1.165, 1.54) is 11.3 Å². The number of rotatable bonds is 3. The molecule has 0 saturated carbocycles. The van der Waals surface area contributed by atoms with Gasteiger partial charge >= 0.3 is 0 Å². The number of hydrogen-bond donors (Lipinski definition) is 2. The molecule has 18 heavy (non-hydrogen) atoms. The van der Waals surface area contributed by atoms with Crippen LogP contribution in [0.4, 0.5) is 5.13 Å². The third kappa shape index (κ3) is 3.20. The second-order valence-corrected chi connectivity index (χ2v) is 6.93. The van der Waals surface area contributed by atoms with Crippen molar-refractivity contribution >= 4 is 38.1 Å². The molecule has 0 saturated heterocycles. The highest BCUT2D eigenvalue weighted by atomic mass is 35.5. The SMILES string of the molecule is Nc1nc(-c2ccc(CS(N)(=O)=O)cc2)c(Cl)s1. The molecule has 0 aliphatic rings. The van der Waals surface area contributed by atoms with Crippen molar-refractivity contribution in [1.82, 2.24) is 4.98 Å². The quantitative estimate of drug-likeness (QED) is 0.903. The average Bonchev–Trinajstić information content (AvgIpc) is 2.57. The molecule has 1 heterocycles. The van der Waals surface area contributed by atoms with Crippen LogP contribution in [0, 0.1) is 0 Å². The summed E-state index contributed by atoms with van der Waals surface area (Å²) in [5.41, 5.74) is 7.55. The highest BCUT2D eigenvalue weighted by Gasteiger charge is 2.10. The normalized spacial score (nSPS) is 11.7. The number of thiazole rings is 1. The first-order valence-corrected chi connectivity index (χ1v) is 7.78. The van der Waals surface area contributed by atoms with Gasteiger partial charge in [0.05, 0.1) is 5.75 Å². The van der Waals surface area contributed by atoms with E-state index in [9.17, 15) is 8.42 Å². The van der Waals surface area contributed by atoms with Gasteiger partial charge in [-0.1, -0.05) is 47.2 Å². The maximum Gasteiger partial charge on any atom is 0.213 e. The molecule has 0 radical (unpaired) electrons. The lowest BCUT2D eigenvalue weighted by Gasteiger charge is -2.01. The molecule has 2 aromatic rings. The minimum Gasteiger partial charge on any atom is -0.375 e. The first-order valence-electron chi connectivity index (χ1n) is 4.87. The molecule has 1 aromatic carbocycles. The van der Waals surface area contributed by atoms with Crippen molar-refractivity contribution in [2.24, 2.45) is 5.14 Å². The molecule has 96 valence electrons. The fraction of sp³-hybridized carbons (Fsp3) is 0.100. The van der Waals surface area contributed by atoms with Gasteiger partial charge in [-0.25, -0.2) is 18.5 Å². The van der Waals surface area contributed by atoms with Crippen molar-refractivity contribution < 1.29 is 8.42 Å². The minimum atomic E-state index is -3.52. The van der Waals surface area contributed by atoms with Crippen molar-refractivity contribution in [3.63, 3.8) is 0 Å². The van der Waals surface area contributed by atoms with E-state index in [1.54, 1.807) is 24.3 Å². The van der Waals surface area contributed by atoms with Crippen molar-refractivity contribution in [3.05, 3.63) is 34.2 Å². The molecular formula is C10H10ClN3O2S2. The highest BCUT2D eigenvalue weighted by molar-refractivity contribution is 7.88. The maximum absolute atomic E-state index is 10.9. The van der Waals surface area contributed by atoms with Gasteiger partial charge in [-0.05, 0) is 5.56 Å². The number of benzene rings is 1. The molecule has 2 rings (SSSR count). The first-order chi connectivity index (χ1) is 8.35. The molecule has 8 heteroatoms. The number of sulfonamides is 1. The van der Waals surface area contributed by atoms with Gasteiger partial charge in [0, 0.05) is 5.56 Å². The number of aromatic nitrogens is 1. The lowest BCUT2D eigenvalue weighted by Crippen LogP contribution is -2.14. The predicted octanol–water partition coefficient (Wildman–Crippen LogP) is 1.83. The fourth-order valence-electron chi connectivity index (χ4n) is 1.49. The van der Waals surface area contributed by atoms with Gasteiger partial charge in [0.2, 0.25) is 10.0 Å². The Labute approximate surface area is 113 Å². The Morgan fingerprint density at radius 2 is 1.89 bits per heavy atom. The third-order valence-electron chi connectivity index (χ3n) is 2.20. The smallest absolute Gasteiger partial charge is 0.213 e. The summed E-state index contributed by atoms with van der Waals surface area (Å²) >= 11 is 7.18. The predicted molar refractivity (Wildman–Crippen MR) is 73.8 cm³/mol. The summed E-state index contributed by atoms with van der Waals surface area (Å²) in [6.45, 7) is 0. The van der Waals surface area contributed by atoms with E-state index in [0.717, 1.165) is 5.56 Å². The number of nitrogens with two attached hydrogens (primary N) is 2. The Hall–Kier alpha value is -1.15. The molecule has 0 unspecified atom stereocenters. The van der Waals surface area contributed by atoms with Crippen LogP contribution in [0.25, 0.3) is 11.3 Å². The number of primary sulfonamides is 1. The summed E-state index contributed by atoms with van der Waals surface area (Å²) < 4.78 is 22.4. The Morgan fingerprint density at radius 3 is 2.33 bits per heavy atom. The monoisotopic (exact) mass is 303 g/mol. The van der Waals surface area contributed by atoms with Crippen molar-refractivity contribution in [1.29, 1.82) is 0 Å². The van der Waals surface area contributed by atoms with Gasteiger partial charge in [-0.2, -0.15) is 0 Å². The summed E-state index contributed by atoms with van der Waals surface area (Å²) in [6.07, 6.45) is 0. The average molecular weight is 304 g/mol.